The van der Waals surface area contributed by atoms with E-state index in [0.717, 1.165) is 38.8 Å². The van der Waals surface area contributed by atoms with Gasteiger partial charge in [-0.05, 0) is 31.0 Å². The minimum atomic E-state index is -0.792. The molecule has 0 saturated carbocycles. The number of amides is 2. The van der Waals surface area contributed by atoms with Crippen LogP contribution in [0.3, 0.4) is 0 Å². The van der Waals surface area contributed by atoms with Crippen LogP contribution in [-0.4, -0.2) is 56.7 Å². The molecular weight excluding hydrogens is 322 g/mol. The van der Waals surface area contributed by atoms with Crippen LogP contribution in [0.2, 0.25) is 0 Å². The molecule has 1 unspecified atom stereocenters. The number of benzene rings is 1. The highest BCUT2D eigenvalue weighted by molar-refractivity contribution is 5.99. The minimum Gasteiger partial charge on any atom is -0.495 e. The average molecular weight is 349 g/mol. The Bertz CT molecular complexity index is 598. The molecule has 0 spiro atoms. The standard InChI is InChI=1S/C18H27N3O4/c1-24-12-14(19)17(22)20-15-11-13(7-8-16(15)25-2)18(23)21-9-5-3-4-6-10-21/h7-8,11,14H,3-6,9-10,12,19H2,1-2H3,(H,20,22). The van der Waals surface area contributed by atoms with Gasteiger partial charge in [-0.2, -0.15) is 0 Å². The Morgan fingerprint density at radius 2 is 1.88 bits per heavy atom. The summed E-state index contributed by atoms with van der Waals surface area (Å²) in [7, 11) is 2.99. The van der Waals surface area contributed by atoms with Crippen molar-refractivity contribution < 1.29 is 19.1 Å². The van der Waals surface area contributed by atoms with Crippen molar-refractivity contribution in [2.45, 2.75) is 31.7 Å². The Kier molecular flexibility index (Phi) is 7.21. The van der Waals surface area contributed by atoms with Crippen LogP contribution in [-0.2, 0) is 9.53 Å². The average Bonchev–Trinajstić information content (AvgIpc) is 2.90. The number of methoxy groups -OCH3 is 2. The van der Waals surface area contributed by atoms with E-state index in [1.54, 1.807) is 18.2 Å². The number of hydrogen-bond acceptors (Lipinski definition) is 5. The van der Waals surface area contributed by atoms with Crippen molar-refractivity contribution in [2.75, 3.05) is 39.2 Å². The second-order valence-electron chi connectivity index (χ2n) is 6.17. The Morgan fingerprint density at radius 3 is 2.48 bits per heavy atom. The zero-order valence-corrected chi connectivity index (χ0v) is 14.9. The summed E-state index contributed by atoms with van der Waals surface area (Å²) in [5.41, 5.74) is 6.70. The highest BCUT2D eigenvalue weighted by Gasteiger charge is 2.20. The van der Waals surface area contributed by atoms with Crippen molar-refractivity contribution in [2.24, 2.45) is 5.73 Å². The SMILES string of the molecule is COCC(N)C(=O)Nc1cc(C(=O)N2CCCCCC2)ccc1OC. The van der Waals surface area contributed by atoms with Crippen molar-refractivity contribution in [1.82, 2.24) is 4.90 Å². The van der Waals surface area contributed by atoms with Gasteiger partial charge in [-0.15, -0.1) is 0 Å². The molecule has 138 valence electrons. The quantitative estimate of drug-likeness (QED) is 0.814. The molecule has 0 aliphatic carbocycles. The largest absolute Gasteiger partial charge is 0.495 e. The summed E-state index contributed by atoms with van der Waals surface area (Å²) in [6.45, 7) is 1.65. The van der Waals surface area contributed by atoms with Gasteiger partial charge in [-0.1, -0.05) is 12.8 Å². The summed E-state index contributed by atoms with van der Waals surface area (Å²) < 4.78 is 10.2. The van der Waals surface area contributed by atoms with Gasteiger partial charge in [0.15, 0.2) is 0 Å². The molecule has 0 aromatic heterocycles. The van der Waals surface area contributed by atoms with Crippen LogP contribution in [0.1, 0.15) is 36.0 Å². The molecule has 2 amide bonds. The third-order valence-electron chi connectivity index (χ3n) is 4.28. The molecule has 1 heterocycles. The highest BCUT2D eigenvalue weighted by atomic mass is 16.5. The van der Waals surface area contributed by atoms with E-state index in [-0.39, 0.29) is 18.4 Å². The van der Waals surface area contributed by atoms with Gasteiger partial charge in [-0.3, -0.25) is 9.59 Å². The van der Waals surface area contributed by atoms with Gasteiger partial charge < -0.3 is 25.4 Å². The first-order chi connectivity index (χ1) is 12.1. The number of anilines is 1. The van der Waals surface area contributed by atoms with Crippen LogP contribution in [0, 0.1) is 0 Å². The lowest BCUT2D eigenvalue weighted by Crippen LogP contribution is -2.39. The van der Waals surface area contributed by atoms with E-state index < -0.39 is 6.04 Å². The Balaban J connectivity index is 2.17. The monoisotopic (exact) mass is 349 g/mol. The third kappa shape index (κ3) is 5.17. The summed E-state index contributed by atoms with van der Waals surface area (Å²) in [5.74, 6) is 0.0612. The molecule has 1 fully saturated rings. The molecule has 1 atom stereocenters. The Hall–Kier alpha value is -2.12. The van der Waals surface area contributed by atoms with E-state index in [2.05, 4.69) is 5.32 Å². The Morgan fingerprint density at radius 1 is 1.20 bits per heavy atom. The van der Waals surface area contributed by atoms with E-state index in [9.17, 15) is 9.59 Å². The number of carbonyl (C=O) groups is 2. The molecule has 1 aromatic carbocycles. The number of nitrogens with two attached hydrogens (primary N) is 1. The van der Waals surface area contributed by atoms with Gasteiger partial charge in [0.05, 0.1) is 19.4 Å². The smallest absolute Gasteiger partial charge is 0.253 e. The molecule has 7 heteroatoms. The molecule has 1 saturated heterocycles. The van der Waals surface area contributed by atoms with Crippen LogP contribution in [0.15, 0.2) is 18.2 Å². The second-order valence-corrected chi connectivity index (χ2v) is 6.17. The molecule has 25 heavy (non-hydrogen) atoms. The van der Waals surface area contributed by atoms with Crippen molar-refractivity contribution >= 4 is 17.5 Å². The summed E-state index contributed by atoms with van der Waals surface area (Å²) in [6.07, 6.45) is 4.37. The minimum absolute atomic E-state index is 0.0266. The maximum absolute atomic E-state index is 12.8. The van der Waals surface area contributed by atoms with Crippen LogP contribution >= 0.6 is 0 Å². The molecule has 1 aliphatic heterocycles. The number of likely N-dealkylation sites (tertiary alicyclic amines) is 1. The fourth-order valence-corrected chi connectivity index (χ4v) is 2.88. The molecule has 0 bridgehead atoms. The van der Waals surface area contributed by atoms with Crippen molar-refractivity contribution in [3.8, 4) is 5.75 Å². The van der Waals surface area contributed by atoms with Crippen LogP contribution in [0.5, 0.6) is 5.75 Å². The van der Waals surface area contributed by atoms with E-state index in [1.165, 1.54) is 14.2 Å². The molecule has 3 N–H and O–H groups in total. The summed E-state index contributed by atoms with van der Waals surface area (Å²) in [5, 5.41) is 2.72. The molecule has 7 nitrogen and oxygen atoms in total. The van der Waals surface area contributed by atoms with Gasteiger partial charge in [0, 0.05) is 25.8 Å². The first kappa shape index (κ1) is 19.2. The van der Waals surface area contributed by atoms with E-state index in [4.69, 9.17) is 15.2 Å². The van der Waals surface area contributed by atoms with Gasteiger partial charge in [0.2, 0.25) is 5.91 Å². The van der Waals surface area contributed by atoms with Gasteiger partial charge in [0.1, 0.15) is 11.8 Å². The maximum atomic E-state index is 12.8. The number of ether oxygens (including phenoxy) is 2. The zero-order chi connectivity index (χ0) is 18.2. The molecule has 1 aromatic rings. The second kappa shape index (κ2) is 9.39. The zero-order valence-electron chi connectivity index (χ0n) is 14.9. The number of carbonyl (C=O) groups excluding carboxylic acids is 2. The summed E-state index contributed by atoms with van der Waals surface area (Å²) in [4.78, 5) is 26.8. The van der Waals surface area contributed by atoms with Crippen molar-refractivity contribution in [1.29, 1.82) is 0 Å². The fraction of sp³-hybridized carbons (Fsp3) is 0.556. The topological polar surface area (TPSA) is 93.9 Å². The first-order valence-corrected chi connectivity index (χ1v) is 8.59. The lowest BCUT2D eigenvalue weighted by Gasteiger charge is -2.21. The van der Waals surface area contributed by atoms with Crippen molar-refractivity contribution in [3.63, 3.8) is 0 Å². The van der Waals surface area contributed by atoms with Crippen LogP contribution in [0.25, 0.3) is 0 Å². The van der Waals surface area contributed by atoms with Gasteiger partial charge in [-0.25, -0.2) is 0 Å². The molecular formula is C18H27N3O4. The lowest BCUT2D eigenvalue weighted by molar-refractivity contribution is -0.118. The Labute approximate surface area is 148 Å². The molecule has 1 aliphatic rings. The predicted molar refractivity (Wildman–Crippen MR) is 95.8 cm³/mol. The molecule has 0 radical (unpaired) electrons. The summed E-state index contributed by atoms with van der Waals surface area (Å²) in [6, 6.07) is 4.25. The number of nitrogens with one attached hydrogen (secondary N) is 1. The van der Waals surface area contributed by atoms with Crippen LogP contribution in [0.4, 0.5) is 5.69 Å². The highest BCUT2D eigenvalue weighted by Crippen LogP contribution is 2.26. The van der Waals surface area contributed by atoms with Crippen LogP contribution < -0.4 is 15.8 Å². The van der Waals surface area contributed by atoms with E-state index >= 15 is 0 Å². The first-order valence-electron chi connectivity index (χ1n) is 8.59. The fourth-order valence-electron chi connectivity index (χ4n) is 2.88. The number of rotatable bonds is 6. The normalized spacial score (nSPS) is 16.0. The maximum Gasteiger partial charge on any atom is 0.253 e. The van der Waals surface area contributed by atoms with Gasteiger partial charge >= 0.3 is 0 Å². The number of hydrogen-bond donors (Lipinski definition) is 2. The lowest BCUT2D eigenvalue weighted by atomic mass is 10.1. The summed E-state index contributed by atoms with van der Waals surface area (Å²) >= 11 is 0. The van der Waals surface area contributed by atoms with E-state index in [1.807, 2.05) is 4.90 Å². The number of nitrogens with zero attached hydrogens (tertiary/aromatic N) is 1. The van der Waals surface area contributed by atoms with Crippen molar-refractivity contribution in [3.05, 3.63) is 23.8 Å². The predicted octanol–water partition coefficient (Wildman–Crippen LogP) is 1.62. The molecule has 2 rings (SSSR count). The third-order valence-corrected chi connectivity index (χ3v) is 4.28. The van der Waals surface area contributed by atoms with E-state index in [0.29, 0.717) is 17.0 Å². The van der Waals surface area contributed by atoms with Gasteiger partial charge in [0.25, 0.3) is 5.91 Å².